The molecule has 10 heteroatoms. The molecule has 0 spiro atoms. The van der Waals surface area contributed by atoms with Gasteiger partial charge in [-0.25, -0.2) is 13.4 Å². The molecule has 3 aromatic rings. The normalized spacial score (nSPS) is 10.9. The molecule has 0 radical (unpaired) electrons. The van der Waals surface area contributed by atoms with Gasteiger partial charge in [0, 0.05) is 17.8 Å². The summed E-state index contributed by atoms with van der Waals surface area (Å²) in [6.07, 6.45) is -0.112. The second kappa shape index (κ2) is 10.5. The third-order valence-electron chi connectivity index (χ3n) is 5.09. The van der Waals surface area contributed by atoms with Crippen LogP contribution in [0.15, 0.2) is 53.4 Å². The number of aromatic hydroxyl groups is 1. The van der Waals surface area contributed by atoms with Gasteiger partial charge >= 0.3 is 0 Å². The van der Waals surface area contributed by atoms with Gasteiger partial charge in [-0.1, -0.05) is 24.3 Å². The number of nitrogens with zero attached hydrogens (tertiary/aromatic N) is 1. The number of nitrogens with two attached hydrogens (primary N) is 1. The van der Waals surface area contributed by atoms with Crippen molar-refractivity contribution in [2.45, 2.75) is 38.6 Å². The Morgan fingerprint density at radius 3 is 2.48 bits per heavy atom. The number of nitrogens with one attached hydrogen (secondary N) is 2. The highest BCUT2D eigenvalue weighted by Crippen LogP contribution is 2.32. The first-order chi connectivity index (χ1) is 15.1. The quantitative estimate of drug-likeness (QED) is 0.375. The summed E-state index contributed by atoms with van der Waals surface area (Å²) in [7, 11) is -3.90. The van der Waals surface area contributed by atoms with Gasteiger partial charge in [0.1, 0.15) is 11.6 Å². The Labute approximate surface area is 199 Å². The SMILES string of the molecule is Cc1cccc(S(=O)(=O)Nc2ccc(C)c(CC(=O)NCc3ccc(N)nc3C)c2O)c1.Cl. The van der Waals surface area contributed by atoms with Crippen molar-refractivity contribution in [1.82, 2.24) is 10.3 Å². The molecule has 0 bridgehead atoms. The lowest BCUT2D eigenvalue weighted by Gasteiger charge is -2.15. The summed E-state index contributed by atoms with van der Waals surface area (Å²) < 4.78 is 27.9. The zero-order chi connectivity index (χ0) is 23.5. The Morgan fingerprint density at radius 1 is 1.09 bits per heavy atom. The Kier molecular flexibility index (Phi) is 8.29. The van der Waals surface area contributed by atoms with E-state index in [1.165, 1.54) is 18.2 Å². The number of carbonyl (C=O) groups is 1. The van der Waals surface area contributed by atoms with E-state index in [0.717, 1.165) is 16.8 Å². The summed E-state index contributed by atoms with van der Waals surface area (Å²) in [6, 6.07) is 13.0. The van der Waals surface area contributed by atoms with Gasteiger partial charge in [-0.3, -0.25) is 9.52 Å². The summed E-state index contributed by atoms with van der Waals surface area (Å²) in [5, 5.41) is 13.5. The van der Waals surface area contributed by atoms with E-state index in [0.29, 0.717) is 16.9 Å². The number of nitrogen functional groups attached to an aromatic ring is 1. The van der Waals surface area contributed by atoms with E-state index < -0.39 is 10.0 Å². The Hall–Kier alpha value is -3.30. The number of phenolic OH excluding ortho intramolecular Hbond substituents is 1. The number of rotatable bonds is 7. The molecular weight excluding hydrogens is 464 g/mol. The smallest absolute Gasteiger partial charge is 0.262 e. The van der Waals surface area contributed by atoms with Crippen LogP contribution in [0.4, 0.5) is 11.5 Å². The van der Waals surface area contributed by atoms with Gasteiger partial charge < -0.3 is 16.2 Å². The molecule has 0 aliphatic heterocycles. The average molecular weight is 491 g/mol. The molecule has 0 saturated heterocycles. The van der Waals surface area contributed by atoms with Gasteiger partial charge in [-0.15, -0.1) is 12.4 Å². The standard InChI is InChI=1S/C23H26N4O4S.ClH/c1-14-5-4-6-18(11-14)32(30,31)27-20-9-7-15(2)19(23(20)29)12-22(28)25-13-17-8-10-21(24)26-16(17)3;/h4-11,27,29H,12-13H2,1-3H3,(H2,24,26)(H,25,28);1H. The molecule has 0 aliphatic rings. The third kappa shape index (κ3) is 6.36. The molecule has 0 saturated carbocycles. The minimum atomic E-state index is -3.90. The number of phenols is 1. The van der Waals surface area contributed by atoms with Crippen molar-refractivity contribution in [3.63, 3.8) is 0 Å². The number of halogens is 1. The van der Waals surface area contributed by atoms with Gasteiger partial charge in [-0.2, -0.15) is 0 Å². The minimum absolute atomic E-state index is 0. The number of hydrogen-bond acceptors (Lipinski definition) is 6. The van der Waals surface area contributed by atoms with Crippen LogP contribution >= 0.6 is 12.4 Å². The molecule has 0 fully saturated rings. The molecule has 0 unspecified atom stereocenters. The number of anilines is 2. The van der Waals surface area contributed by atoms with E-state index in [2.05, 4.69) is 15.0 Å². The molecule has 1 amide bonds. The molecule has 5 N–H and O–H groups in total. The summed E-state index contributed by atoms with van der Waals surface area (Å²) in [5.41, 5.74) is 9.02. The van der Waals surface area contributed by atoms with E-state index in [1.54, 1.807) is 51.1 Å². The molecule has 0 aliphatic carbocycles. The number of carbonyl (C=O) groups excluding carboxylic acids is 1. The van der Waals surface area contributed by atoms with E-state index in [1.807, 2.05) is 0 Å². The van der Waals surface area contributed by atoms with Crippen molar-refractivity contribution in [2.75, 3.05) is 10.5 Å². The molecule has 33 heavy (non-hydrogen) atoms. The molecule has 176 valence electrons. The van der Waals surface area contributed by atoms with Crippen LogP contribution in [0.5, 0.6) is 5.75 Å². The van der Waals surface area contributed by atoms with Crippen LogP contribution < -0.4 is 15.8 Å². The zero-order valence-electron chi connectivity index (χ0n) is 18.5. The van der Waals surface area contributed by atoms with Crippen molar-refractivity contribution in [1.29, 1.82) is 0 Å². The van der Waals surface area contributed by atoms with Crippen molar-refractivity contribution < 1.29 is 18.3 Å². The van der Waals surface area contributed by atoms with Gasteiger partial charge in [0.05, 0.1) is 17.0 Å². The molecule has 0 atom stereocenters. The highest BCUT2D eigenvalue weighted by Gasteiger charge is 2.20. The highest BCUT2D eigenvalue weighted by molar-refractivity contribution is 7.92. The fraction of sp³-hybridized carbons (Fsp3) is 0.217. The molecule has 1 aromatic heterocycles. The molecule has 2 aromatic carbocycles. The predicted octanol–water partition coefficient (Wildman–Crippen LogP) is 3.38. The van der Waals surface area contributed by atoms with Crippen molar-refractivity contribution in [3.8, 4) is 5.75 Å². The topological polar surface area (TPSA) is 134 Å². The largest absolute Gasteiger partial charge is 0.505 e. The number of pyridine rings is 1. The van der Waals surface area contributed by atoms with Crippen LogP contribution in [0.25, 0.3) is 0 Å². The minimum Gasteiger partial charge on any atom is -0.505 e. The van der Waals surface area contributed by atoms with Gasteiger partial charge in [0.2, 0.25) is 5.91 Å². The first-order valence-electron chi connectivity index (χ1n) is 9.96. The van der Waals surface area contributed by atoms with Gasteiger partial charge in [0.15, 0.2) is 0 Å². The van der Waals surface area contributed by atoms with Crippen LogP contribution in [-0.4, -0.2) is 24.4 Å². The monoisotopic (exact) mass is 490 g/mol. The maximum Gasteiger partial charge on any atom is 0.262 e. The summed E-state index contributed by atoms with van der Waals surface area (Å²) in [5.74, 6) is -0.192. The first kappa shape index (κ1) is 26.0. The van der Waals surface area contributed by atoms with E-state index in [4.69, 9.17) is 5.73 Å². The number of amides is 1. The Balaban J connectivity index is 0.00000385. The van der Waals surface area contributed by atoms with E-state index in [-0.39, 0.29) is 47.6 Å². The fourth-order valence-electron chi connectivity index (χ4n) is 3.24. The van der Waals surface area contributed by atoms with Gasteiger partial charge in [0.25, 0.3) is 10.0 Å². The molecule has 8 nitrogen and oxygen atoms in total. The number of hydrogen-bond donors (Lipinski definition) is 4. The maximum absolute atomic E-state index is 12.7. The van der Waals surface area contributed by atoms with Crippen LogP contribution in [0.3, 0.4) is 0 Å². The molecule has 3 rings (SSSR count). The second-order valence-electron chi connectivity index (χ2n) is 7.61. The van der Waals surface area contributed by atoms with Crippen LogP contribution in [0, 0.1) is 20.8 Å². The lowest BCUT2D eigenvalue weighted by molar-refractivity contribution is -0.120. The van der Waals surface area contributed by atoms with E-state index in [9.17, 15) is 18.3 Å². The van der Waals surface area contributed by atoms with Crippen LogP contribution in [0.1, 0.15) is 27.9 Å². The Bertz CT molecular complexity index is 1280. The third-order valence-corrected chi connectivity index (χ3v) is 6.45. The van der Waals surface area contributed by atoms with Crippen molar-refractivity contribution in [3.05, 3.63) is 76.5 Å². The van der Waals surface area contributed by atoms with E-state index >= 15 is 0 Å². The lowest BCUT2D eigenvalue weighted by Crippen LogP contribution is -2.25. The fourth-order valence-corrected chi connectivity index (χ4v) is 4.41. The second-order valence-corrected chi connectivity index (χ2v) is 9.30. The van der Waals surface area contributed by atoms with Crippen LogP contribution in [-0.2, 0) is 27.8 Å². The van der Waals surface area contributed by atoms with Crippen LogP contribution in [0.2, 0.25) is 0 Å². The highest BCUT2D eigenvalue weighted by atomic mass is 35.5. The Morgan fingerprint density at radius 2 is 1.82 bits per heavy atom. The maximum atomic E-state index is 12.7. The number of benzene rings is 2. The van der Waals surface area contributed by atoms with Crippen molar-refractivity contribution >= 4 is 39.8 Å². The molecule has 1 heterocycles. The predicted molar refractivity (Wildman–Crippen MR) is 131 cm³/mol. The average Bonchev–Trinajstić information content (AvgIpc) is 2.72. The summed E-state index contributed by atoms with van der Waals surface area (Å²) in [4.78, 5) is 16.8. The zero-order valence-corrected chi connectivity index (χ0v) is 20.2. The molecular formula is C23H27ClN4O4S. The first-order valence-corrected chi connectivity index (χ1v) is 11.4. The lowest BCUT2D eigenvalue weighted by atomic mass is 10.0. The summed E-state index contributed by atoms with van der Waals surface area (Å²) in [6.45, 7) is 5.60. The number of aryl methyl sites for hydroxylation is 3. The van der Waals surface area contributed by atoms with Crippen molar-refractivity contribution in [2.24, 2.45) is 0 Å². The van der Waals surface area contributed by atoms with Gasteiger partial charge in [-0.05, 0) is 61.7 Å². The summed E-state index contributed by atoms with van der Waals surface area (Å²) >= 11 is 0. The number of sulfonamides is 1. The number of aromatic nitrogens is 1.